The Morgan fingerprint density at radius 3 is 2.45 bits per heavy atom. The quantitative estimate of drug-likeness (QED) is 0.231. The van der Waals surface area contributed by atoms with Crippen LogP contribution in [0.1, 0.15) is 73.0 Å². The number of nitrogens with zero attached hydrogens (tertiary/aromatic N) is 5. The highest BCUT2D eigenvalue weighted by molar-refractivity contribution is 6.04. The molecule has 9 nitrogen and oxygen atoms in total. The van der Waals surface area contributed by atoms with Crippen molar-refractivity contribution in [3.05, 3.63) is 71.9 Å². The molecule has 4 heterocycles. The number of aromatic nitrogens is 4. The molecule has 2 fully saturated rings. The number of hydrogen-bond donors (Lipinski definition) is 1. The van der Waals surface area contributed by atoms with E-state index in [0.29, 0.717) is 23.2 Å². The number of alkyl halides is 3. The SMILES string of the molecule is CCC(Cc1nnc(C2CCN(c3ccc(NC(=O)c4nc(-c5ccccc5)oc4C(F)(F)F)cn3)CC2)o1)C1CC1. The minimum absolute atomic E-state index is 0.188. The number of piperidine rings is 1. The summed E-state index contributed by atoms with van der Waals surface area (Å²) >= 11 is 0. The molecule has 1 aliphatic carbocycles. The minimum atomic E-state index is -4.89. The molecule has 1 amide bonds. The van der Waals surface area contributed by atoms with Crippen molar-refractivity contribution in [2.45, 2.75) is 57.5 Å². The summed E-state index contributed by atoms with van der Waals surface area (Å²) in [6, 6.07) is 11.4. The maximum Gasteiger partial charge on any atom is 0.452 e. The van der Waals surface area contributed by atoms with E-state index in [4.69, 9.17) is 8.83 Å². The van der Waals surface area contributed by atoms with Crippen molar-refractivity contribution < 1.29 is 26.8 Å². The first kappa shape index (κ1) is 27.9. The van der Waals surface area contributed by atoms with E-state index in [2.05, 4.69) is 37.3 Å². The summed E-state index contributed by atoms with van der Waals surface area (Å²) in [5.74, 6) is 0.964. The standard InChI is InChI=1S/C30H31F3N6O3/c1-2-18(19-8-9-19)16-24-37-38-29(41-24)21-12-14-39(15-13-21)23-11-10-22(17-34-23)35-27(40)25-26(30(31,32)33)42-28(36-25)20-6-4-3-5-7-20/h3-7,10-11,17-19,21H,2,8-9,12-16H2,1H3,(H,35,40). The van der Waals surface area contributed by atoms with Crippen LogP contribution in [0.4, 0.5) is 24.7 Å². The van der Waals surface area contributed by atoms with Crippen LogP contribution in [-0.2, 0) is 12.6 Å². The first-order valence-electron chi connectivity index (χ1n) is 14.3. The van der Waals surface area contributed by atoms with Crippen molar-refractivity contribution in [1.82, 2.24) is 20.2 Å². The highest BCUT2D eigenvalue weighted by Gasteiger charge is 2.42. The molecule has 42 heavy (non-hydrogen) atoms. The summed E-state index contributed by atoms with van der Waals surface area (Å²) in [4.78, 5) is 23.2. The van der Waals surface area contributed by atoms with Crippen LogP contribution < -0.4 is 10.2 Å². The number of pyridine rings is 1. The number of amides is 1. The number of carbonyl (C=O) groups is 1. The van der Waals surface area contributed by atoms with E-state index in [0.717, 1.165) is 50.6 Å². The van der Waals surface area contributed by atoms with E-state index in [1.165, 1.54) is 19.0 Å². The van der Waals surface area contributed by atoms with Crippen LogP contribution in [0.5, 0.6) is 0 Å². The van der Waals surface area contributed by atoms with Crippen molar-refractivity contribution in [3.8, 4) is 11.5 Å². The Kier molecular flexibility index (Phi) is 7.70. The number of benzene rings is 1. The van der Waals surface area contributed by atoms with Gasteiger partial charge in [-0.3, -0.25) is 4.79 Å². The third-order valence-corrected chi connectivity index (χ3v) is 8.03. The third-order valence-electron chi connectivity index (χ3n) is 8.03. The van der Waals surface area contributed by atoms with Crippen LogP contribution >= 0.6 is 0 Å². The highest BCUT2D eigenvalue weighted by Crippen LogP contribution is 2.40. The predicted octanol–water partition coefficient (Wildman–Crippen LogP) is 6.75. The normalized spacial score (nSPS) is 16.9. The van der Waals surface area contributed by atoms with E-state index in [1.807, 2.05) is 0 Å². The highest BCUT2D eigenvalue weighted by atomic mass is 19.4. The molecule has 1 saturated carbocycles. The Morgan fingerprint density at radius 1 is 1.05 bits per heavy atom. The summed E-state index contributed by atoms with van der Waals surface area (Å²) in [5, 5.41) is 11.1. The Balaban J connectivity index is 1.06. The van der Waals surface area contributed by atoms with Gasteiger partial charge in [-0.2, -0.15) is 13.2 Å². The summed E-state index contributed by atoms with van der Waals surface area (Å²) in [7, 11) is 0. The average Bonchev–Trinajstić information content (AvgIpc) is 3.55. The van der Waals surface area contributed by atoms with Crippen LogP contribution in [0.25, 0.3) is 11.5 Å². The molecule has 1 aromatic carbocycles. The van der Waals surface area contributed by atoms with Gasteiger partial charge in [-0.15, -0.1) is 10.2 Å². The van der Waals surface area contributed by atoms with Gasteiger partial charge >= 0.3 is 6.18 Å². The van der Waals surface area contributed by atoms with Crippen molar-refractivity contribution >= 4 is 17.4 Å². The van der Waals surface area contributed by atoms with Gasteiger partial charge in [-0.05, 0) is 61.8 Å². The van der Waals surface area contributed by atoms with Crippen molar-refractivity contribution in [2.75, 3.05) is 23.3 Å². The van der Waals surface area contributed by atoms with Gasteiger partial charge in [0, 0.05) is 31.0 Å². The molecule has 0 spiro atoms. The van der Waals surface area contributed by atoms with Crippen molar-refractivity contribution in [1.29, 1.82) is 0 Å². The van der Waals surface area contributed by atoms with Gasteiger partial charge in [0.05, 0.1) is 11.9 Å². The van der Waals surface area contributed by atoms with Gasteiger partial charge in [0.2, 0.25) is 23.4 Å². The molecule has 0 radical (unpaired) electrons. The van der Waals surface area contributed by atoms with Gasteiger partial charge in [-0.25, -0.2) is 9.97 Å². The molecule has 3 aromatic heterocycles. The Bertz CT molecular complexity index is 1510. The number of hydrogen-bond acceptors (Lipinski definition) is 8. The second-order valence-electron chi connectivity index (χ2n) is 10.9. The van der Waals surface area contributed by atoms with E-state index < -0.39 is 23.5 Å². The lowest BCUT2D eigenvalue weighted by Gasteiger charge is -2.31. The number of oxazole rings is 1. The maximum atomic E-state index is 13.6. The third kappa shape index (κ3) is 6.17. The zero-order chi connectivity index (χ0) is 29.3. The van der Waals surface area contributed by atoms with E-state index in [-0.39, 0.29) is 17.5 Å². The Labute approximate surface area is 240 Å². The van der Waals surface area contributed by atoms with Crippen LogP contribution in [0.2, 0.25) is 0 Å². The average molecular weight is 581 g/mol. The molecule has 1 saturated heterocycles. The molecule has 1 aliphatic heterocycles. The number of rotatable bonds is 9. The first-order chi connectivity index (χ1) is 20.3. The lowest BCUT2D eigenvalue weighted by molar-refractivity contribution is -0.153. The van der Waals surface area contributed by atoms with Crippen molar-refractivity contribution in [3.63, 3.8) is 0 Å². The Morgan fingerprint density at radius 2 is 1.81 bits per heavy atom. The molecule has 1 atom stereocenters. The molecular weight excluding hydrogens is 549 g/mol. The zero-order valence-electron chi connectivity index (χ0n) is 23.1. The fourth-order valence-electron chi connectivity index (χ4n) is 5.51. The Hall–Kier alpha value is -4.22. The predicted molar refractivity (Wildman–Crippen MR) is 148 cm³/mol. The maximum absolute atomic E-state index is 13.6. The molecule has 1 N–H and O–H groups in total. The monoisotopic (exact) mass is 580 g/mol. The van der Waals surface area contributed by atoms with E-state index >= 15 is 0 Å². The number of anilines is 2. The van der Waals surface area contributed by atoms with E-state index in [1.54, 1.807) is 42.5 Å². The van der Waals surface area contributed by atoms with E-state index in [9.17, 15) is 18.0 Å². The van der Waals surface area contributed by atoms with Gasteiger partial charge in [0.1, 0.15) is 5.82 Å². The van der Waals surface area contributed by atoms with Gasteiger partial charge in [0.15, 0.2) is 5.69 Å². The minimum Gasteiger partial charge on any atom is -0.431 e. The molecule has 4 aromatic rings. The second-order valence-corrected chi connectivity index (χ2v) is 10.9. The van der Waals surface area contributed by atoms with Crippen LogP contribution in [0, 0.1) is 11.8 Å². The smallest absolute Gasteiger partial charge is 0.431 e. The fourth-order valence-corrected chi connectivity index (χ4v) is 5.51. The molecule has 12 heteroatoms. The summed E-state index contributed by atoms with van der Waals surface area (Å²) in [5.41, 5.74) is -0.268. The van der Waals surface area contributed by atoms with Crippen molar-refractivity contribution in [2.24, 2.45) is 11.8 Å². The molecule has 220 valence electrons. The van der Waals surface area contributed by atoms with Gasteiger partial charge in [0.25, 0.3) is 5.91 Å². The molecule has 0 bridgehead atoms. The summed E-state index contributed by atoms with van der Waals surface area (Å²) in [6.45, 7) is 3.68. The number of nitrogens with one attached hydrogen (secondary N) is 1. The topological polar surface area (TPSA) is 110 Å². The lowest BCUT2D eigenvalue weighted by atomic mass is 9.96. The fraction of sp³-hybridized carbons (Fsp3) is 0.433. The molecule has 1 unspecified atom stereocenters. The van der Waals surface area contributed by atoms with Gasteiger partial charge in [-0.1, -0.05) is 31.5 Å². The molecule has 2 aliphatic rings. The summed E-state index contributed by atoms with van der Waals surface area (Å²) in [6.07, 6.45) is 2.76. The molecular formula is C30H31F3N6O3. The second kappa shape index (κ2) is 11.6. The number of halogens is 3. The number of carbonyl (C=O) groups excluding carboxylic acids is 1. The summed E-state index contributed by atoms with van der Waals surface area (Å²) < 4.78 is 51.9. The lowest BCUT2D eigenvalue weighted by Crippen LogP contribution is -2.33. The largest absolute Gasteiger partial charge is 0.452 e. The first-order valence-corrected chi connectivity index (χ1v) is 14.3. The van der Waals surface area contributed by atoms with Crippen LogP contribution in [0.3, 0.4) is 0 Å². The zero-order valence-corrected chi connectivity index (χ0v) is 23.1. The molecule has 6 rings (SSSR count). The van der Waals surface area contributed by atoms with Crippen LogP contribution in [0.15, 0.2) is 57.5 Å². The van der Waals surface area contributed by atoms with Gasteiger partial charge < -0.3 is 19.1 Å². The van der Waals surface area contributed by atoms with Crippen LogP contribution in [-0.4, -0.2) is 39.2 Å².